The third kappa shape index (κ3) is 3.68. The first-order valence-corrected chi connectivity index (χ1v) is 6.03. The third-order valence-electron chi connectivity index (χ3n) is 2.86. The molecule has 0 aliphatic heterocycles. The molecular formula is C13H15N3O4. The molecule has 0 heterocycles. The highest BCUT2D eigenvalue weighted by atomic mass is 16.6. The highest BCUT2D eigenvalue weighted by Crippen LogP contribution is 2.24. The molecule has 0 amide bonds. The largest absolute Gasteiger partial charge is 0.469 e. The van der Waals surface area contributed by atoms with Gasteiger partial charge in [0, 0.05) is 24.8 Å². The van der Waals surface area contributed by atoms with Crippen LogP contribution >= 0.6 is 0 Å². The van der Waals surface area contributed by atoms with E-state index in [0.717, 1.165) is 0 Å². The number of ether oxygens (including phenoxy) is 1. The van der Waals surface area contributed by atoms with E-state index in [9.17, 15) is 14.9 Å². The molecule has 1 aromatic rings. The van der Waals surface area contributed by atoms with E-state index in [4.69, 9.17) is 5.26 Å². The topological polar surface area (TPSA) is 96.5 Å². The van der Waals surface area contributed by atoms with E-state index >= 15 is 0 Å². The van der Waals surface area contributed by atoms with Crippen LogP contribution in [0.15, 0.2) is 18.2 Å². The van der Waals surface area contributed by atoms with Gasteiger partial charge in [-0.2, -0.15) is 5.26 Å². The number of anilines is 1. The van der Waals surface area contributed by atoms with Crippen molar-refractivity contribution in [2.45, 2.75) is 13.3 Å². The normalized spacial score (nSPS) is 9.65. The van der Waals surface area contributed by atoms with Crippen LogP contribution < -0.4 is 4.90 Å². The van der Waals surface area contributed by atoms with Crippen molar-refractivity contribution in [2.24, 2.45) is 0 Å². The summed E-state index contributed by atoms with van der Waals surface area (Å²) in [5.41, 5.74) is 0.447. The van der Waals surface area contributed by atoms with Crippen LogP contribution in [0.4, 0.5) is 11.4 Å². The van der Waals surface area contributed by atoms with E-state index in [1.165, 1.54) is 19.2 Å². The van der Waals surface area contributed by atoms with Crippen LogP contribution in [0.3, 0.4) is 0 Å². The highest BCUT2D eigenvalue weighted by molar-refractivity contribution is 5.70. The van der Waals surface area contributed by atoms with Crippen LogP contribution in [0.1, 0.15) is 18.9 Å². The van der Waals surface area contributed by atoms with E-state index < -0.39 is 4.92 Å². The molecule has 0 saturated heterocycles. The fourth-order valence-electron chi connectivity index (χ4n) is 1.77. The Balaban J connectivity index is 2.96. The van der Waals surface area contributed by atoms with Gasteiger partial charge in [-0.05, 0) is 19.1 Å². The second-order valence-corrected chi connectivity index (χ2v) is 3.98. The van der Waals surface area contributed by atoms with E-state index in [1.54, 1.807) is 6.07 Å². The van der Waals surface area contributed by atoms with Gasteiger partial charge < -0.3 is 9.64 Å². The Morgan fingerprint density at radius 1 is 1.55 bits per heavy atom. The van der Waals surface area contributed by atoms with Crippen LogP contribution in [-0.2, 0) is 9.53 Å². The van der Waals surface area contributed by atoms with Gasteiger partial charge >= 0.3 is 5.97 Å². The average Bonchev–Trinajstić information content (AvgIpc) is 2.46. The van der Waals surface area contributed by atoms with Gasteiger partial charge in [-0.15, -0.1) is 0 Å². The Bertz CT molecular complexity index is 551. The van der Waals surface area contributed by atoms with Crippen molar-refractivity contribution in [3.05, 3.63) is 33.9 Å². The molecule has 7 nitrogen and oxygen atoms in total. The summed E-state index contributed by atoms with van der Waals surface area (Å²) in [6.07, 6.45) is 0.212. The lowest BCUT2D eigenvalue weighted by Crippen LogP contribution is -2.26. The van der Waals surface area contributed by atoms with Crippen LogP contribution in [0.5, 0.6) is 0 Å². The monoisotopic (exact) mass is 277 g/mol. The Morgan fingerprint density at radius 3 is 2.75 bits per heavy atom. The zero-order chi connectivity index (χ0) is 15.1. The predicted octanol–water partition coefficient (Wildman–Crippen LogP) is 1.86. The van der Waals surface area contributed by atoms with E-state index in [0.29, 0.717) is 18.8 Å². The van der Waals surface area contributed by atoms with Gasteiger partial charge in [0.25, 0.3) is 5.69 Å². The van der Waals surface area contributed by atoms with Gasteiger partial charge in [0.1, 0.15) is 11.6 Å². The van der Waals surface area contributed by atoms with Gasteiger partial charge in [-0.25, -0.2) is 0 Å². The molecule has 0 aliphatic carbocycles. The van der Waals surface area contributed by atoms with E-state index in [1.807, 2.05) is 17.9 Å². The second-order valence-electron chi connectivity index (χ2n) is 3.98. The maximum atomic E-state index is 11.1. The molecular weight excluding hydrogens is 262 g/mol. The Kier molecular flexibility index (Phi) is 5.47. The highest BCUT2D eigenvalue weighted by Gasteiger charge is 2.16. The number of nitrogens with zero attached hydrogens (tertiary/aromatic N) is 3. The lowest BCUT2D eigenvalue weighted by molar-refractivity contribution is -0.385. The van der Waals surface area contributed by atoms with Gasteiger partial charge in [0.2, 0.25) is 0 Å². The Hall–Kier alpha value is -2.62. The summed E-state index contributed by atoms with van der Waals surface area (Å²) in [6, 6.07) is 6.14. The fraction of sp³-hybridized carbons (Fsp3) is 0.385. The van der Waals surface area contributed by atoms with Gasteiger partial charge in [-0.3, -0.25) is 14.9 Å². The lowest BCUT2D eigenvalue weighted by atomic mass is 10.1. The minimum Gasteiger partial charge on any atom is -0.469 e. The quantitative estimate of drug-likeness (QED) is 0.447. The summed E-state index contributed by atoms with van der Waals surface area (Å²) in [5, 5.41) is 19.7. The number of nitro groups is 1. The number of nitro benzene ring substituents is 1. The lowest BCUT2D eigenvalue weighted by Gasteiger charge is -2.22. The maximum Gasteiger partial charge on any atom is 0.307 e. The van der Waals surface area contributed by atoms with Crippen molar-refractivity contribution < 1.29 is 14.5 Å². The van der Waals surface area contributed by atoms with Crippen molar-refractivity contribution in [3.8, 4) is 6.07 Å². The van der Waals surface area contributed by atoms with Crippen molar-refractivity contribution in [1.29, 1.82) is 5.26 Å². The smallest absolute Gasteiger partial charge is 0.307 e. The molecule has 1 rings (SSSR count). The molecule has 106 valence electrons. The maximum absolute atomic E-state index is 11.1. The molecule has 0 bridgehead atoms. The number of hydrogen-bond donors (Lipinski definition) is 0. The summed E-state index contributed by atoms with van der Waals surface area (Å²) >= 11 is 0. The summed E-state index contributed by atoms with van der Waals surface area (Å²) in [7, 11) is 1.32. The molecule has 0 atom stereocenters. The van der Waals surface area contributed by atoms with Crippen LogP contribution in [0.2, 0.25) is 0 Å². The molecule has 0 N–H and O–H groups in total. The zero-order valence-electron chi connectivity index (χ0n) is 11.3. The predicted molar refractivity (Wildman–Crippen MR) is 72.3 cm³/mol. The molecule has 7 heteroatoms. The number of methoxy groups -OCH3 is 1. The van der Waals surface area contributed by atoms with Crippen LogP contribution in [-0.4, -0.2) is 31.1 Å². The average molecular weight is 277 g/mol. The van der Waals surface area contributed by atoms with E-state index in [-0.39, 0.29) is 23.6 Å². The number of rotatable bonds is 6. The number of carbonyl (C=O) groups is 1. The summed E-state index contributed by atoms with van der Waals surface area (Å²) < 4.78 is 4.57. The number of nitriles is 1. The van der Waals surface area contributed by atoms with Crippen molar-refractivity contribution >= 4 is 17.3 Å². The van der Waals surface area contributed by atoms with Gasteiger partial charge in [-0.1, -0.05) is 0 Å². The van der Waals surface area contributed by atoms with Crippen molar-refractivity contribution in [3.63, 3.8) is 0 Å². The Labute approximate surface area is 116 Å². The van der Waals surface area contributed by atoms with Crippen LogP contribution in [0, 0.1) is 21.4 Å². The molecule has 0 aromatic heterocycles. The zero-order valence-corrected chi connectivity index (χ0v) is 11.3. The number of benzene rings is 1. The number of hydrogen-bond acceptors (Lipinski definition) is 6. The summed E-state index contributed by atoms with van der Waals surface area (Å²) in [5.74, 6) is -0.328. The minimum absolute atomic E-state index is 0.00372. The molecule has 0 spiro atoms. The molecule has 0 aliphatic rings. The minimum atomic E-state index is -0.590. The number of esters is 1. The molecule has 0 radical (unpaired) electrons. The molecule has 1 aromatic carbocycles. The first kappa shape index (κ1) is 15.4. The molecule has 0 saturated carbocycles. The first-order valence-electron chi connectivity index (χ1n) is 6.03. The molecule has 0 fully saturated rings. The number of carbonyl (C=O) groups excluding carboxylic acids is 1. The van der Waals surface area contributed by atoms with Gasteiger partial charge in [0.15, 0.2) is 0 Å². The van der Waals surface area contributed by atoms with Crippen LogP contribution in [0.25, 0.3) is 0 Å². The van der Waals surface area contributed by atoms with Gasteiger partial charge in [0.05, 0.1) is 18.5 Å². The third-order valence-corrected chi connectivity index (χ3v) is 2.86. The first-order chi connectivity index (χ1) is 9.53. The van der Waals surface area contributed by atoms with Crippen molar-refractivity contribution in [1.82, 2.24) is 0 Å². The summed E-state index contributed by atoms with van der Waals surface area (Å²) in [4.78, 5) is 23.2. The SMILES string of the molecule is CCN(CCC(=O)OC)c1ccc([N+](=O)[O-])c(C#N)c1. The molecule has 20 heavy (non-hydrogen) atoms. The van der Waals surface area contributed by atoms with Crippen molar-refractivity contribution in [2.75, 3.05) is 25.1 Å². The standard InChI is InChI=1S/C13H15N3O4/c1-3-15(7-6-13(17)20-2)11-4-5-12(16(18)19)10(8-11)9-14/h4-5,8H,3,6-7H2,1-2H3. The fourth-order valence-corrected chi connectivity index (χ4v) is 1.77. The second kappa shape index (κ2) is 7.09. The summed E-state index contributed by atoms with van der Waals surface area (Å²) in [6.45, 7) is 2.93. The Morgan fingerprint density at radius 2 is 2.25 bits per heavy atom. The van der Waals surface area contributed by atoms with E-state index in [2.05, 4.69) is 4.74 Å². The molecule has 0 unspecified atom stereocenters.